The maximum Gasteiger partial charge on any atom is 0.255 e. The zero-order valence-electron chi connectivity index (χ0n) is 14.2. The molecule has 0 heterocycles. The summed E-state index contributed by atoms with van der Waals surface area (Å²) in [5.74, 6) is 0.456. The van der Waals surface area contributed by atoms with E-state index < -0.39 is 0 Å². The molecule has 25 heavy (non-hydrogen) atoms. The van der Waals surface area contributed by atoms with Crippen molar-refractivity contribution in [1.29, 1.82) is 0 Å². The summed E-state index contributed by atoms with van der Waals surface area (Å²) in [6.07, 6.45) is 0. The summed E-state index contributed by atoms with van der Waals surface area (Å²) in [6.45, 7) is 2.97. The van der Waals surface area contributed by atoms with Crippen molar-refractivity contribution in [3.05, 3.63) is 101 Å². The van der Waals surface area contributed by atoms with Crippen molar-refractivity contribution >= 4 is 5.91 Å². The van der Waals surface area contributed by atoms with E-state index in [2.05, 4.69) is 5.32 Å². The minimum atomic E-state index is -0.135. The lowest BCUT2D eigenvalue weighted by Gasteiger charge is -2.12. The number of rotatable bonds is 6. The van der Waals surface area contributed by atoms with Crippen molar-refractivity contribution < 1.29 is 9.53 Å². The van der Waals surface area contributed by atoms with Crippen molar-refractivity contribution in [2.45, 2.75) is 20.1 Å². The summed E-state index contributed by atoms with van der Waals surface area (Å²) in [5, 5.41) is 2.95. The Hall–Kier alpha value is -3.07. The molecule has 0 saturated carbocycles. The summed E-state index contributed by atoms with van der Waals surface area (Å²) in [7, 11) is 0. The number of para-hydroxylation sites is 1. The molecule has 3 aromatic rings. The Labute approximate surface area is 148 Å². The number of amides is 1. The van der Waals surface area contributed by atoms with Crippen LogP contribution in [-0.2, 0) is 13.2 Å². The van der Waals surface area contributed by atoms with Crippen molar-refractivity contribution in [2.24, 2.45) is 0 Å². The Morgan fingerprint density at radius 3 is 2.28 bits per heavy atom. The van der Waals surface area contributed by atoms with E-state index in [4.69, 9.17) is 4.74 Å². The van der Waals surface area contributed by atoms with Crippen LogP contribution in [0.3, 0.4) is 0 Å². The maximum absolute atomic E-state index is 12.5. The van der Waals surface area contributed by atoms with Crippen LogP contribution in [0.15, 0.2) is 78.9 Å². The second kappa shape index (κ2) is 8.15. The van der Waals surface area contributed by atoms with Gasteiger partial charge in [-0.1, -0.05) is 72.3 Å². The van der Waals surface area contributed by atoms with Crippen LogP contribution in [0.2, 0.25) is 0 Å². The fraction of sp³-hybridized carbons (Fsp3) is 0.136. The number of ether oxygens (including phenoxy) is 1. The van der Waals surface area contributed by atoms with E-state index in [0.717, 1.165) is 11.1 Å². The highest BCUT2D eigenvalue weighted by Gasteiger charge is 2.12. The molecule has 3 nitrogen and oxygen atoms in total. The van der Waals surface area contributed by atoms with Gasteiger partial charge in [0.2, 0.25) is 0 Å². The van der Waals surface area contributed by atoms with Gasteiger partial charge in [-0.2, -0.15) is 0 Å². The Morgan fingerprint density at radius 1 is 0.840 bits per heavy atom. The van der Waals surface area contributed by atoms with Crippen molar-refractivity contribution in [3.8, 4) is 5.75 Å². The quantitative estimate of drug-likeness (QED) is 0.722. The summed E-state index contributed by atoms with van der Waals surface area (Å²) in [4.78, 5) is 12.5. The van der Waals surface area contributed by atoms with Gasteiger partial charge in [0.1, 0.15) is 12.4 Å². The van der Waals surface area contributed by atoms with Gasteiger partial charge in [-0.15, -0.1) is 0 Å². The molecule has 0 unspecified atom stereocenters. The van der Waals surface area contributed by atoms with Gasteiger partial charge in [0.15, 0.2) is 0 Å². The summed E-state index contributed by atoms with van der Waals surface area (Å²) in [6, 6.07) is 25.4. The highest BCUT2D eigenvalue weighted by Crippen LogP contribution is 2.19. The van der Waals surface area contributed by atoms with Crippen LogP contribution in [0.25, 0.3) is 0 Å². The second-order valence-corrected chi connectivity index (χ2v) is 5.94. The van der Waals surface area contributed by atoms with Gasteiger partial charge in [-0.25, -0.2) is 0 Å². The number of aryl methyl sites for hydroxylation is 1. The Balaban J connectivity index is 1.64. The fourth-order valence-corrected chi connectivity index (χ4v) is 2.50. The van der Waals surface area contributed by atoms with Gasteiger partial charge in [-0.3, -0.25) is 4.79 Å². The first kappa shape index (κ1) is 16.8. The third-order valence-corrected chi connectivity index (χ3v) is 3.94. The number of nitrogens with one attached hydrogen (secondary N) is 1. The Bertz CT molecular complexity index is 826. The molecule has 0 radical (unpaired) electrons. The molecule has 126 valence electrons. The van der Waals surface area contributed by atoms with Crippen LogP contribution in [0.1, 0.15) is 27.0 Å². The first-order chi connectivity index (χ1) is 12.2. The summed E-state index contributed by atoms with van der Waals surface area (Å²) < 4.78 is 5.85. The average Bonchev–Trinajstić information content (AvgIpc) is 2.67. The standard InChI is InChI=1S/C22H21NO2/c1-17-11-13-18(14-12-17)15-23-22(24)20-9-5-6-10-21(20)25-16-19-7-3-2-4-8-19/h2-14H,15-16H2,1H3,(H,23,24). The van der Waals surface area contributed by atoms with Crippen LogP contribution >= 0.6 is 0 Å². The van der Waals surface area contributed by atoms with E-state index in [0.29, 0.717) is 24.5 Å². The molecule has 0 aliphatic carbocycles. The predicted molar refractivity (Wildman–Crippen MR) is 99.6 cm³/mol. The second-order valence-electron chi connectivity index (χ2n) is 5.94. The van der Waals surface area contributed by atoms with Crippen LogP contribution in [0.4, 0.5) is 0 Å². The molecule has 3 heteroatoms. The Kier molecular flexibility index (Phi) is 5.47. The molecule has 0 saturated heterocycles. The van der Waals surface area contributed by atoms with Gasteiger partial charge in [0.05, 0.1) is 5.56 Å². The smallest absolute Gasteiger partial charge is 0.255 e. The van der Waals surface area contributed by atoms with Gasteiger partial charge in [0, 0.05) is 6.54 Å². The zero-order chi connectivity index (χ0) is 17.5. The largest absolute Gasteiger partial charge is 0.488 e. The van der Waals surface area contributed by atoms with Crippen molar-refractivity contribution in [2.75, 3.05) is 0 Å². The molecular formula is C22H21NO2. The van der Waals surface area contributed by atoms with E-state index in [9.17, 15) is 4.79 Å². The molecule has 0 spiro atoms. The average molecular weight is 331 g/mol. The first-order valence-electron chi connectivity index (χ1n) is 8.32. The van der Waals surface area contributed by atoms with Crippen molar-refractivity contribution in [1.82, 2.24) is 5.32 Å². The van der Waals surface area contributed by atoms with Crippen molar-refractivity contribution in [3.63, 3.8) is 0 Å². The van der Waals surface area contributed by atoms with Crippen LogP contribution in [0.5, 0.6) is 5.75 Å². The van der Waals surface area contributed by atoms with E-state index in [1.165, 1.54) is 5.56 Å². The monoisotopic (exact) mass is 331 g/mol. The van der Waals surface area contributed by atoms with Gasteiger partial charge in [-0.05, 0) is 30.2 Å². The first-order valence-corrected chi connectivity index (χ1v) is 8.32. The molecular weight excluding hydrogens is 310 g/mol. The van der Waals surface area contributed by atoms with Gasteiger partial charge < -0.3 is 10.1 Å². The van der Waals surface area contributed by atoms with E-state index >= 15 is 0 Å². The highest BCUT2D eigenvalue weighted by atomic mass is 16.5. The number of hydrogen-bond donors (Lipinski definition) is 1. The molecule has 0 bridgehead atoms. The molecule has 1 amide bonds. The lowest BCUT2D eigenvalue weighted by atomic mass is 10.1. The lowest BCUT2D eigenvalue weighted by Crippen LogP contribution is -2.23. The normalized spacial score (nSPS) is 10.3. The SMILES string of the molecule is Cc1ccc(CNC(=O)c2ccccc2OCc2ccccc2)cc1. The van der Waals surface area contributed by atoms with Crippen LogP contribution in [0, 0.1) is 6.92 Å². The van der Waals surface area contributed by atoms with Gasteiger partial charge in [0.25, 0.3) is 5.91 Å². The lowest BCUT2D eigenvalue weighted by molar-refractivity contribution is 0.0946. The molecule has 0 fully saturated rings. The number of carbonyl (C=O) groups is 1. The molecule has 0 aromatic heterocycles. The van der Waals surface area contributed by atoms with E-state index in [1.54, 1.807) is 6.07 Å². The molecule has 0 atom stereocenters. The van der Waals surface area contributed by atoms with E-state index in [1.807, 2.05) is 79.7 Å². The minimum Gasteiger partial charge on any atom is -0.488 e. The Morgan fingerprint density at radius 2 is 1.52 bits per heavy atom. The summed E-state index contributed by atoms with van der Waals surface area (Å²) in [5.41, 5.74) is 3.89. The number of carbonyl (C=O) groups excluding carboxylic acids is 1. The number of benzene rings is 3. The number of hydrogen-bond acceptors (Lipinski definition) is 2. The predicted octanol–water partition coefficient (Wildman–Crippen LogP) is 4.50. The molecule has 1 N–H and O–H groups in total. The fourth-order valence-electron chi connectivity index (χ4n) is 2.50. The van der Waals surface area contributed by atoms with Crippen LogP contribution in [-0.4, -0.2) is 5.91 Å². The third kappa shape index (κ3) is 4.70. The molecule has 3 rings (SSSR count). The van der Waals surface area contributed by atoms with Gasteiger partial charge >= 0.3 is 0 Å². The topological polar surface area (TPSA) is 38.3 Å². The molecule has 0 aliphatic heterocycles. The zero-order valence-corrected chi connectivity index (χ0v) is 14.2. The summed E-state index contributed by atoms with van der Waals surface area (Å²) >= 11 is 0. The molecule has 0 aliphatic rings. The van der Waals surface area contributed by atoms with Crippen LogP contribution < -0.4 is 10.1 Å². The third-order valence-electron chi connectivity index (χ3n) is 3.94. The highest BCUT2D eigenvalue weighted by molar-refractivity contribution is 5.96. The minimum absolute atomic E-state index is 0.135. The van der Waals surface area contributed by atoms with E-state index in [-0.39, 0.29) is 5.91 Å². The maximum atomic E-state index is 12.5. The molecule has 3 aromatic carbocycles.